The van der Waals surface area contributed by atoms with Crippen molar-refractivity contribution in [1.29, 1.82) is 5.26 Å². The van der Waals surface area contributed by atoms with Crippen molar-refractivity contribution in [3.63, 3.8) is 0 Å². The van der Waals surface area contributed by atoms with Crippen LogP contribution in [-0.2, 0) is 0 Å². The van der Waals surface area contributed by atoms with Gasteiger partial charge < -0.3 is 9.84 Å². The SMILES string of the molecule is CC1CSCCN1CC(O)COc1ccc(C#N)cc1. The first-order valence-electron chi connectivity index (χ1n) is 6.82. The summed E-state index contributed by atoms with van der Waals surface area (Å²) in [4.78, 5) is 2.31. The third-order valence-electron chi connectivity index (χ3n) is 3.38. The Morgan fingerprint density at radius 2 is 2.25 bits per heavy atom. The Hall–Kier alpha value is -1.22. The molecule has 5 heteroatoms. The minimum Gasteiger partial charge on any atom is -0.491 e. The molecular formula is C15H20N2O2S. The fraction of sp³-hybridized carbons (Fsp3) is 0.533. The molecule has 2 atom stereocenters. The lowest BCUT2D eigenvalue weighted by Crippen LogP contribution is -2.45. The number of aliphatic hydroxyl groups excluding tert-OH is 1. The zero-order valence-corrected chi connectivity index (χ0v) is 12.5. The van der Waals surface area contributed by atoms with E-state index >= 15 is 0 Å². The molecule has 0 spiro atoms. The third kappa shape index (κ3) is 4.41. The molecule has 1 aliphatic rings. The van der Waals surface area contributed by atoms with Crippen LogP contribution in [0.4, 0.5) is 0 Å². The van der Waals surface area contributed by atoms with Gasteiger partial charge in [0.1, 0.15) is 18.5 Å². The zero-order valence-electron chi connectivity index (χ0n) is 11.7. The van der Waals surface area contributed by atoms with Gasteiger partial charge >= 0.3 is 0 Å². The average molecular weight is 292 g/mol. The monoisotopic (exact) mass is 292 g/mol. The van der Waals surface area contributed by atoms with Crippen LogP contribution in [0.25, 0.3) is 0 Å². The second kappa shape index (κ2) is 7.53. The number of thioether (sulfide) groups is 1. The lowest BCUT2D eigenvalue weighted by atomic mass is 10.2. The summed E-state index contributed by atoms with van der Waals surface area (Å²) in [6.45, 7) is 4.15. The summed E-state index contributed by atoms with van der Waals surface area (Å²) < 4.78 is 5.55. The highest BCUT2D eigenvalue weighted by Gasteiger charge is 2.21. The van der Waals surface area contributed by atoms with Crippen LogP contribution >= 0.6 is 11.8 Å². The van der Waals surface area contributed by atoms with Crippen molar-refractivity contribution >= 4 is 11.8 Å². The van der Waals surface area contributed by atoms with Gasteiger partial charge in [-0.3, -0.25) is 4.90 Å². The topological polar surface area (TPSA) is 56.5 Å². The Balaban J connectivity index is 1.76. The number of benzene rings is 1. The molecule has 0 radical (unpaired) electrons. The minimum atomic E-state index is -0.490. The van der Waals surface area contributed by atoms with E-state index in [2.05, 4.69) is 17.9 Å². The van der Waals surface area contributed by atoms with E-state index in [1.807, 2.05) is 11.8 Å². The first kappa shape index (κ1) is 15.2. The maximum atomic E-state index is 10.1. The predicted molar refractivity (Wildman–Crippen MR) is 81.0 cm³/mol. The largest absolute Gasteiger partial charge is 0.491 e. The van der Waals surface area contributed by atoms with Gasteiger partial charge in [-0.25, -0.2) is 0 Å². The molecule has 2 rings (SSSR count). The van der Waals surface area contributed by atoms with Crippen LogP contribution in [0.5, 0.6) is 5.75 Å². The molecule has 1 aliphatic heterocycles. The molecule has 2 unspecified atom stereocenters. The molecule has 0 aromatic heterocycles. The quantitative estimate of drug-likeness (QED) is 0.896. The number of hydrogen-bond acceptors (Lipinski definition) is 5. The summed E-state index contributed by atoms with van der Waals surface area (Å²) in [6.07, 6.45) is -0.490. The number of hydrogen-bond donors (Lipinski definition) is 1. The van der Waals surface area contributed by atoms with Crippen molar-refractivity contribution in [1.82, 2.24) is 4.90 Å². The molecule has 0 aliphatic carbocycles. The van der Waals surface area contributed by atoms with E-state index in [9.17, 15) is 5.11 Å². The number of aliphatic hydroxyl groups is 1. The standard InChI is InChI=1S/C15H20N2O2S/c1-12-11-20-7-6-17(12)9-14(18)10-19-15-4-2-13(8-16)3-5-15/h2-5,12,14,18H,6-7,9-11H2,1H3. The molecule has 1 fully saturated rings. The number of nitriles is 1. The van der Waals surface area contributed by atoms with Crippen LogP contribution in [0.3, 0.4) is 0 Å². The van der Waals surface area contributed by atoms with Crippen molar-refractivity contribution in [3.05, 3.63) is 29.8 Å². The van der Waals surface area contributed by atoms with E-state index in [0.717, 1.165) is 18.1 Å². The van der Waals surface area contributed by atoms with Crippen LogP contribution in [0.1, 0.15) is 12.5 Å². The molecule has 0 amide bonds. The van der Waals surface area contributed by atoms with Crippen LogP contribution in [0, 0.1) is 11.3 Å². The highest BCUT2D eigenvalue weighted by Crippen LogP contribution is 2.16. The molecule has 4 nitrogen and oxygen atoms in total. The normalized spacial score (nSPS) is 21.1. The van der Waals surface area contributed by atoms with Crippen molar-refractivity contribution in [3.8, 4) is 11.8 Å². The number of nitrogens with zero attached hydrogens (tertiary/aromatic N) is 2. The van der Waals surface area contributed by atoms with Gasteiger partial charge in [-0.1, -0.05) is 0 Å². The summed E-state index contributed by atoms with van der Waals surface area (Å²) in [5.41, 5.74) is 0.609. The van der Waals surface area contributed by atoms with E-state index in [1.54, 1.807) is 24.3 Å². The van der Waals surface area contributed by atoms with E-state index in [1.165, 1.54) is 0 Å². The average Bonchev–Trinajstić information content (AvgIpc) is 2.48. The van der Waals surface area contributed by atoms with E-state index < -0.39 is 6.10 Å². The second-order valence-electron chi connectivity index (χ2n) is 5.02. The van der Waals surface area contributed by atoms with Crippen LogP contribution < -0.4 is 4.74 Å². The van der Waals surface area contributed by atoms with Crippen LogP contribution in [0.15, 0.2) is 24.3 Å². The van der Waals surface area contributed by atoms with Crippen molar-refractivity contribution in [2.75, 3.05) is 31.2 Å². The molecule has 0 bridgehead atoms. The fourth-order valence-corrected chi connectivity index (χ4v) is 3.26. The van der Waals surface area contributed by atoms with Gasteiger partial charge in [0.05, 0.1) is 11.6 Å². The van der Waals surface area contributed by atoms with Crippen LogP contribution in [-0.4, -0.2) is 53.4 Å². The lowest BCUT2D eigenvalue weighted by Gasteiger charge is -2.34. The summed E-state index contributed by atoms with van der Waals surface area (Å²) in [5.74, 6) is 2.95. The summed E-state index contributed by atoms with van der Waals surface area (Å²) in [6, 6.07) is 9.52. The second-order valence-corrected chi connectivity index (χ2v) is 6.17. The number of ether oxygens (including phenoxy) is 1. The Kier molecular flexibility index (Phi) is 5.72. The zero-order chi connectivity index (χ0) is 14.4. The van der Waals surface area contributed by atoms with Crippen molar-refractivity contribution < 1.29 is 9.84 Å². The van der Waals surface area contributed by atoms with Gasteiger partial charge in [0.25, 0.3) is 0 Å². The van der Waals surface area contributed by atoms with E-state index in [4.69, 9.17) is 10.00 Å². The van der Waals surface area contributed by atoms with E-state index in [-0.39, 0.29) is 6.61 Å². The Morgan fingerprint density at radius 1 is 1.50 bits per heavy atom. The first-order chi connectivity index (χ1) is 9.69. The van der Waals surface area contributed by atoms with E-state index in [0.29, 0.717) is 23.9 Å². The molecule has 1 saturated heterocycles. The Labute approximate surface area is 124 Å². The molecule has 0 saturated carbocycles. The van der Waals surface area contributed by atoms with Crippen molar-refractivity contribution in [2.24, 2.45) is 0 Å². The Bertz CT molecular complexity index is 458. The summed E-state index contributed by atoms with van der Waals surface area (Å²) in [5, 5.41) is 18.8. The van der Waals surface area contributed by atoms with Gasteiger partial charge in [0.2, 0.25) is 0 Å². The highest BCUT2D eigenvalue weighted by atomic mass is 32.2. The van der Waals surface area contributed by atoms with Gasteiger partial charge in [-0.05, 0) is 31.2 Å². The lowest BCUT2D eigenvalue weighted by molar-refractivity contribution is 0.0596. The Morgan fingerprint density at radius 3 is 2.90 bits per heavy atom. The van der Waals surface area contributed by atoms with Gasteiger partial charge in [-0.2, -0.15) is 17.0 Å². The van der Waals surface area contributed by atoms with Gasteiger partial charge in [0, 0.05) is 30.6 Å². The minimum absolute atomic E-state index is 0.280. The highest BCUT2D eigenvalue weighted by molar-refractivity contribution is 7.99. The fourth-order valence-electron chi connectivity index (χ4n) is 2.17. The summed E-state index contributed by atoms with van der Waals surface area (Å²) in [7, 11) is 0. The van der Waals surface area contributed by atoms with Gasteiger partial charge in [-0.15, -0.1) is 0 Å². The third-order valence-corrected chi connectivity index (χ3v) is 4.57. The maximum Gasteiger partial charge on any atom is 0.119 e. The molecule has 1 aromatic rings. The number of rotatable bonds is 5. The molecule has 20 heavy (non-hydrogen) atoms. The molecule has 1 heterocycles. The first-order valence-corrected chi connectivity index (χ1v) is 7.97. The maximum absolute atomic E-state index is 10.1. The summed E-state index contributed by atoms with van der Waals surface area (Å²) >= 11 is 1.97. The smallest absolute Gasteiger partial charge is 0.119 e. The van der Waals surface area contributed by atoms with Gasteiger partial charge in [0.15, 0.2) is 0 Å². The number of β-amino-alcohol motifs (C(OH)–C–C–N with tert-alkyl or cyclic N) is 1. The molecule has 108 valence electrons. The van der Waals surface area contributed by atoms with Crippen LogP contribution in [0.2, 0.25) is 0 Å². The molecule has 1 aromatic carbocycles. The van der Waals surface area contributed by atoms with Crippen molar-refractivity contribution in [2.45, 2.75) is 19.1 Å². The molecule has 1 N–H and O–H groups in total. The predicted octanol–water partition coefficient (Wildman–Crippen LogP) is 1.74. The molecular weight excluding hydrogens is 272 g/mol.